The minimum absolute atomic E-state index is 0.0155. The molecule has 4 heteroatoms. The molecule has 2 aromatic carbocycles. The summed E-state index contributed by atoms with van der Waals surface area (Å²) in [5, 5.41) is 0. The molecule has 0 aliphatic carbocycles. The maximum atomic E-state index is 12.0. The molecule has 0 bridgehead atoms. The Hall–Kier alpha value is -2.33. The van der Waals surface area contributed by atoms with Gasteiger partial charge in [-0.05, 0) is 36.0 Å². The largest absolute Gasteiger partial charge is 0.453 e. The zero-order valence-corrected chi connectivity index (χ0v) is 14.0. The lowest BCUT2D eigenvalue weighted by Crippen LogP contribution is -2.55. The first-order chi connectivity index (χ1) is 11.7. The number of methoxy groups -OCH3 is 1. The van der Waals surface area contributed by atoms with Crippen molar-refractivity contribution >= 4 is 6.09 Å². The van der Waals surface area contributed by atoms with Gasteiger partial charge in [-0.3, -0.25) is 0 Å². The van der Waals surface area contributed by atoms with Crippen LogP contribution in [0.4, 0.5) is 4.79 Å². The van der Waals surface area contributed by atoms with E-state index in [2.05, 4.69) is 36.4 Å². The molecule has 2 atom stereocenters. The van der Waals surface area contributed by atoms with Crippen LogP contribution in [0.3, 0.4) is 0 Å². The highest BCUT2D eigenvalue weighted by molar-refractivity contribution is 5.68. The van der Waals surface area contributed by atoms with Gasteiger partial charge in [-0.1, -0.05) is 54.6 Å². The highest BCUT2D eigenvalue weighted by Gasteiger charge is 2.32. The standard InChI is InChI=1S/C20H24N2O2/c1-24-20(23)22-12-6-11-18(21)19(22)14-15-7-5-10-17(13-15)16-8-3-2-4-9-16/h2-5,7-10,13,18-19H,6,11-12,14,21H2,1H3. The van der Waals surface area contributed by atoms with Crippen LogP contribution >= 0.6 is 0 Å². The van der Waals surface area contributed by atoms with E-state index in [0.29, 0.717) is 6.54 Å². The lowest BCUT2D eigenvalue weighted by Gasteiger charge is -2.39. The highest BCUT2D eigenvalue weighted by atomic mass is 16.5. The SMILES string of the molecule is COC(=O)N1CCCC(N)C1Cc1cccc(-c2ccccc2)c1. The maximum Gasteiger partial charge on any atom is 0.409 e. The smallest absolute Gasteiger partial charge is 0.409 e. The molecule has 2 unspecified atom stereocenters. The van der Waals surface area contributed by atoms with Crippen LogP contribution in [0.2, 0.25) is 0 Å². The Labute approximate surface area is 143 Å². The van der Waals surface area contributed by atoms with Crippen LogP contribution in [0.25, 0.3) is 11.1 Å². The molecular weight excluding hydrogens is 300 g/mol. The summed E-state index contributed by atoms with van der Waals surface area (Å²) in [7, 11) is 1.43. The molecule has 0 spiro atoms. The van der Waals surface area contributed by atoms with Gasteiger partial charge in [0.05, 0.1) is 13.2 Å². The summed E-state index contributed by atoms with van der Waals surface area (Å²) in [6, 6.07) is 18.7. The molecule has 1 saturated heterocycles. The molecule has 1 aliphatic rings. The van der Waals surface area contributed by atoms with E-state index in [4.69, 9.17) is 10.5 Å². The van der Waals surface area contributed by atoms with Gasteiger partial charge in [-0.15, -0.1) is 0 Å². The van der Waals surface area contributed by atoms with Crippen LogP contribution in [-0.2, 0) is 11.2 Å². The number of benzene rings is 2. The van der Waals surface area contributed by atoms with Crippen LogP contribution in [0.5, 0.6) is 0 Å². The van der Waals surface area contributed by atoms with E-state index in [-0.39, 0.29) is 18.2 Å². The van der Waals surface area contributed by atoms with Gasteiger partial charge in [0, 0.05) is 12.6 Å². The third-order valence-electron chi connectivity index (χ3n) is 4.72. The Bertz CT molecular complexity index is 687. The molecule has 4 nitrogen and oxygen atoms in total. The van der Waals surface area contributed by atoms with Crippen molar-refractivity contribution in [3.05, 3.63) is 60.2 Å². The fourth-order valence-electron chi connectivity index (χ4n) is 3.44. The van der Waals surface area contributed by atoms with Crippen LogP contribution in [0.15, 0.2) is 54.6 Å². The minimum atomic E-state index is -0.283. The van der Waals surface area contributed by atoms with Crippen molar-refractivity contribution in [1.29, 1.82) is 0 Å². The summed E-state index contributed by atoms with van der Waals surface area (Å²) >= 11 is 0. The van der Waals surface area contributed by atoms with Crippen LogP contribution in [0, 0.1) is 0 Å². The number of ether oxygens (including phenoxy) is 1. The first kappa shape index (κ1) is 16.5. The summed E-state index contributed by atoms with van der Waals surface area (Å²) in [6.07, 6.45) is 2.33. The Morgan fingerprint density at radius 1 is 1.17 bits per heavy atom. The lowest BCUT2D eigenvalue weighted by molar-refractivity contribution is 0.0820. The average molecular weight is 324 g/mol. The molecule has 1 amide bonds. The quantitative estimate of drug-likeness (QED) is 0.941. The number of hydrogen-bond donors (Lipinski definition) is 1. The second-order valence-corrected chi connectivity index (χ2v) is 6.31. The third-order valence-corrected chi connectivity index (χ3v) is 4.72. The van der Waals surface area contributed by atoms with Crippen molar-refractivity contribution in [1.82, 2.24) is 4.90 Å². The lowest BCUT2D eigenvalue weighted by atomic mass is 9.91. The first-order valence-electron chi connectivity index (χ1n) is 8.43. The average Bonchev–Trinajstić information content (AvgIpc) is 2.64. The second-order valence-electron chi connectivity index (χ2n) is 6.31. The topological polar surface area (TPSA) is 55.6 Å². The molecule has 0 radical (unpaired) electrons. The molecule has 1 heterocycles. The van der Waals surface area contributed by atoms with E-state index in [1.165, 1.54) is 23.8 Å². The molecule has 2 aromatic rings. The van der Waals surface area contributed by atoms with Crippen molar-refractivity contribution in [2.24, 2.45) is 5.73 Å². The van der Waals surface area contributed by atoms with Crippen molar-refractivity contribution in [3.63, 3.8) is 0 Å². The molecule has 0 saturated carbocycles. The van der Waals surface area contributed by atoms with Gasteiger partial charge in [0.15, 0.2) is 0 Å². The zero-order valence-electron chi connectivity index (χ0n) is 14.0. The molecule has 3 rings (SSSR count). The number of carbonyl (C=O) groups excluding carboxylic acids is 1. The summed E-state index contributed by atoms with van der Waals surface area (Å²) in [6.45, 7) is 0.712. The van der Waals surface area contributed by atoms with Crippen molar-refractivity contribution < 1.29 is 9.53 Å². The zero-order chi connectivity index (χ0) is 16.9. The first-order valence-corrected chi connectivity index (χ1v) is 8.43. The van der Waals surface area contributed by atoms with E-state index < -0.39 is 0 Å². The number of rotatable bonds is 3. The molecule has 126 valence electrons. The van der Waals surface area contributed by atoms with Crippen LogP contribution < -0.4 is 5.73 Å². The summed E-state index contributed by atoms with van der Waals surface area (Å²) in [4.78, 5) is 13.8. The number of nitrogens with zero attached hydrogens (tertiary/aromatic N) is 1. The predicted molar refractivity (Wildman–Crippen MR) is 95.7 cm³/mol. The molecule has 2 N–H and O–H groups in total. The molecule has 1 fully saturated rings. The van der Waals surface area contributed by atoms with Gasteiger partial charge in [0.2, 0.25) is 0 Å². The number of nitrogens with two attached hydrogens (primary N) is 1. The Balaban J connectivity index is 1.82. The Kier molecular flexibility index (Phi) is 5.16. The molecule has 0 aromatic heterocycles. The predicted octanol–water partition coefficient (Wildman–Crippen LogP) is 3.45. The maximum absolute atomic E-state index is 12.0. The van der Waals surface area contributed by atoms with Gasteiger partial charge < -0.3 is 15.4 Å². The normalized spacial score (nSPS) is 20.7. The highest BCUT2D eigenvalue weighted by Crippen LogP contribution is 2.24. The number of hydrogen-bond acceptors (Lipinski definition) is 3. The van der Waals surface area contributed by atoms with Crippen LogP contribution in [0.1, 0.15) is 18.4 Å². The Morgan fingerprint density at radius 3 is 2.67 bits per heavy atom. The van der Waals surface area contributed by atoms with E-state index >= 15 is 0 Å². The summed E-state index contributed by atoms with van der Waals surface area (Å²) in [5.74, 6) is 0. The fourth-order valence-corrected chi connectivity index (χ4v) is 3.44. The molecule has 24 heavy (non-hydrogen) atoms. The van der Waals surface area contributed by atoms with Crippen molar-refractivity contribution in [2.75, 3.05) is 13.7 Å². The van der Waals surface area contributed by atoms with E-state index in [1.54, 1.807) is 4.90 Å². The van der Waals surface area contributed by atoms with Gasteiger partial charge in [0.25, 0.3) is 0 Å². The van der Waals surface area contributed by atoms with Gasteiger partial charge >= 0.3 is 6.09 Å². The molecular formula is C20H24N2O2. The van der Waals surface area contributed by atoms with E-state index in [0.717, 1.165) is 19.3 Å². The van der Waals surface area contributed by atoms with Gasteiger partial charge in [-0.2, -0.15) is 0 Å². The van der Waals surface area contributed by atoms with E-state index in [9.17, 15) is 4.79 Å². The van der Waals surface area contributed by atoms with Crippen molar-refractivity contribution in [3.8, 4) is 11.1 Å². The number of carbonyl (C=O) groups is 1. The monoisotopic (exact) mass is 324 g/mol. The summed E-state index contributed by atoms with van der Waals surface area (Å²) in [5.41, 5.74) is 9.87. The molecule has 1 aliphatic heterocycles. The summed E-state index contributed by atoms with van der Waals surface area (Å²) < 4.78 is 4.93. The number of amides is 1. The number of piperidine rings is 1. The number of likely N-dealkylation sites (tertiary alicyclic amines) is 1. The Morgan fingerprint density at radius 2 is 1.92 bits per heavy atom. The van der Waals surface area contributed by atoms with Crippen molar-refractivity contribution in [2.45, 2.75) is 31.3 Å². The second kappa shape index (κ2) is 7.49. The minimum Gasteiger partial charge on any atom is -0.453 e. The fraction of sp³-hybridized carbons (Fsp3) is 0.350. The van der Waals surface area contributed by atoms with E-state index in [1.807, 2.05) is 18.2 Å². The third kappa shape index (κ3) is 3.60. The van der Waals surface area contributed by atoms with Gasteiger partial charge in [0.1, 0.15) is 0 Å². The van der Waals surface area contributed by atoms with Crippen LogP contribution in [-0.4, -0.2) is 36.7 Å². The van der Waals surface area contributed by atoms with Gasteiger partial charge in [-0.25, -0.2) is 4.79 Å².